The largest absolute Gasteiger partial charge is 0.367 e. The van der Waals surface area contributed by atoms with Crippen LogP contribution in [0.15, 0.2) is 24.3 Å². The molecule has 0 spiro atoms. The number of benzene rings is 1. The highest BCUT2D eigenvalue weighted by atomic mass is 15.2. The molecule has 3 atom stereocenters. The summed E-state index contributed by atoms with van der Waals surface area (Å²) in [6, 6.07) is 11.9. The number of aryl methyl sites for hydroxylation is 1. The molecule has 2 nitrogen and oxygen atoms in total. The molecule has 112 valence electrons. The highest BCUT2D eigenvalue weighted by molar-refractivity contribution is 5.55. The Balaban J connectivity index is 1.91. The summed E-state index contributed by atoms with van der Waals surface area (Å²) in [4.78, 5) is 2.58. The number of rotatable bonds is 2. The van der Waals surface area contributed by atoms with Gasteiger partial charge in [-0.3, -0.25) is 0 Å². The second-order valence-electron chi connectivity index (χ2n) is 6.67. The Morgan fingerprint density at radius 3 is 2.90 bits per heavy atom. The molecule has 3 rings (SSSR count). The third kappa shape index (κ3) is 2.93. The van der Waals surface area contributed by atoms with Crippen molar-refractivity contribution in [3.8, 4) is 6.07 Å². The van der Waals surface area contributed by atoms with Crippen molar-refractivity contribution in [2.24, 2.45) is 11.8 Å². The van der Waals surface area contributed by atoms with E-state index in [-0.39, 0.29) is 5.92 Å². The highest BCUT2D eigenvalue weighted by Crippen LogP contribution is 2.38. The monoisotopic (exact) mass is 282 g/mol. The van der Waals surface area contributed by atoms with Crippen LogP contribution in [0.1, 0.15) is 51.0 Å². The van der Waals surface area contributed by atoms with Crippen molar-refractivity contribution in [1.82, 2.24) is 0 Å². The highest BCUT2D eigenvalue weighted by Gasteiger charge is 2.35. The summed E-state index contributed by atoms with van der Waals surface area (Å²) in [5, 5.41) is 9.59. The van der Waals surface area contributed by atoms with Crippen LogP contribution >= 0.6 is 0 Å². The average molecular weight is 282 g/mol. The van der Waals surface area contributed by atoms with Crippen LogP contribution in [0.2, 0.25) is 0 Å². The van der Waals surface area contributed by atoms with Crippen LogP contribution < -0.4 is 4.90 Å². The van der Waals surface area contributed by atoms with E-state index in [1.165, 1.54) is 49.8 Å². The van der Waals surface area contributed by atoms with Crippen molar-refractivity contribution in [1.29, 1.82) is 5.26 Å². The zero-order valence-corrected chi connectivity index (χ0v) is 13.1. The summed E-state index contributed by atoms with van der Waals surface area (Å²) in [6.07, 6.45) is 8.48. The molecule has 1 aliphatic heterocycles. The first-order valence-electron chi connectivity index (χ1n) is 8.57. The van der Waals surface area contributed by atoms with Crippen LogP contribution in [-0.2, 0) is 6.42 Å². The molecule has 21 heavy (non-hydrogen) atoms. The molecular weight excluding hydrogens is 256 g/mol. The molecule has 2 heteroatoms. The van der Waals surface area contributed by atoms with Gasteiger partial charge in [-0.05, 0) is 56.1 Å². The van der Waals surface area contributed by atoms with Crippen molar-refractivity contribution < 1.29 is 0 Å². The SMILES string of the molecule is CCC1CCC(C#N)C(N2CCCCc3ccccc32)C1. The van der Waals surface area contributed by atoms with E-state index in [0.717, 1.165) is 18.9 Å². The molecule has 1 saturated carbocycles. The van der Waals surface area contributed by atoms with Gasteiger partial charge < -0.3 is 4.90 Å². The summed E-state index contributed by atoms with van der Waals surface area (Å²) in [5.41, 5.74) is 2.88. The molecule has 0 aromatic heterocycles. The van der Waals surface area contributed by atoms with Crippen LogP contribution in [0.25, 0.3) is 0 Å². The van der Waals surface area contributed by atoms with Gasteiger partial charge in [-0.15, -0.1) is 0 Å². The lowest BCUT2D eigenvalue weighted by Crippen LogP contribution is -2.44. The zero-order chi connectivity index (χ0) is 14.7. The first-order valence-corrected chi connectivity index (χ1v) is 8.57. The molecule has 0 N–H and O–H groups in total. The summed E-state index contributed by atoms with van der Waals surface area (Å²) in [5.74, 6) is 1.01. The standard InChI is InChI=1S/C19H26N2/c1-2-15-10-11-17(14-20)19(13-15)21-12-6-5-8-16-7-3-4-9-18(16)21/h3-4,7,9,15,17,19H,2,5-6,8,10-13H2,1H3. The lowest BCUT2D eigenvalue weighted by molar-refractivity contribution is 0.260. The number of nitriles is 1. The van der Waals surface area contributed by atoms with Gasteiger partial charge in [0.15, 0.2) is 0 Å². The Kier molecular flexibility index (Phi) is 4.48. The maximum absolute atomic E-state index is 9.59. The minimum absolute atomic E-state index is 0.207. The van der Waals surface area contributed by atoms with E-state index in [4.69, 9.17) is 0 Å². The Morgan fingerprint density at radius 2 is 2.10 bits per heavy atom. The van der Waals surface area contributed by atoms with E-state index in [9.17, 15) is 5.26 Å². The summed E-state index contributed by atoms with van der Waals surface area (Å²) >= 11 is 0. The van der Waals surface area contributed by atoms with Crippen LogP contribution in [0.5, 0.6) is 0 Å². The summed E-state index contributed by atoms with van der Waals surface area (Å²) in [6.45, 7) is 3.42. The van der Waals surface area contributed by atoms with Gasteiger partial charge in [0.1, 0.15) is 0 Å². The van der Waals surface area contributed by atoms with Crippen LogP contribution in [0, 0.1) is 23.2 Å². The van der Waals surface area contributed by atoms with Gasteiger partial charge in [-0.1, -0.05) is 31.5 Å². The van der Waals surface area contributed by atoms with E-state index in [0.29, 0.717) is 6.04 Å². The van der Waals surface area contributed by atoms with E-state index in [2.05, 4.69) is 42.2 Å². The first kappa shape index (κ1) is 14.4. The number of para-hydroxylation sites is 1. The molecule has 0 amide bonds. The quantitative estimate of drug-likeness (QED) is 0.795. The Morgan fingerprint density at radius 1 is 1.24 bits per heavy atom. The average Bonchev–Trinajstić information content (AvgIpc) is 2.76. The molecule has 0 radical (unpaired) electrons. The molecule has 1 heterocycles. The molecule has 0 saturated heterocycles. The summed E-state index contributed by atoms with van der Waals surface area (Å²) < 4.78 is 0. The number of hydrogen-bond acceptors (Lipinski definition) is 2. The van der Waals surface area contributed by atoms with Gasteiger partial charge >= 0.3 is 0 Å². The Bertz CT molecular complexity index is 517. The smallest absolute Gasteiger partial charge is 0.0677 e. The third-order valence-electron chi connectivity index (χ3n) is 5.46. The molecule has 1 fully saturated rings. The topological polar surface area (TPSA) is 27.0 Å². The maximum atomic E-state index is 9.59. The van der Waals surface area contributed by atoms with E-state index in [1.807, 2.05) is 0 Å². The molecule has 3 unspecified atom stereocenters. The van der Waals surface area contributed by atoms with Crippen molar-refractivity contribution in [2.75, 3.05) is 11.4 Å². The second kappa shape index (κ2) is 6.52. The Labute approximate surface area is 128 Å². The predicted molar refractivity (Wildman–Crippen MR) is 87.2 cm³/mol. The number of hydrogen-bond donors (Lipinski definition) is 0. The molecule has 1 aromatic rings. The molecule has 1 aliphatic carbocycles. The van der Waals surface area contributed by atoms with Crippen molar-refractivity contribution in [2.45, 2.75) is 57.9 Å². The zero-order valence-electron chi connectivity index (χ0n) is 13.1. The van der Waals surface area contributed by atoms with Gasteiger partial charge in [0.05, 0.1) is 12.0 Å². The van der Waals surface area contributed by atoms with E-state index in [1.54, 1.807) is 0 Å². The fourth-order valence-corrected chi connectivity index (χ4v) is 4.16. The van der Waals surface area contributed by atoms with Gasteiger partial charge in [0.2, 0.25) is 0 Å². The lowest BCUT2D eigenvalue weighted by atomic mass is 9.77. The van der Waals surface area contributed by atoms with E-state index < -0.39 is 0 Å². The molecular formula is C19H26N2. The minimum atomic E-state index is 0.207. The lowest BCUT2D eigenvalue weighted by Gasteiger charge is -2.41. The second-order valence-corrected chi connectivity index (χ2v) is 6.67. The number of fused-ring (bicyclic) bond motifs is 1. The van der Waals surface area contributed by atoms with Crippen molar-refractivity contribution >= 4 is 5.69 Å². The first-order chi connectivity index (χ1) is 10.3. The van der Waals surface area contributed by atoms with Crippen LogP contribution in [0.3, 0.4) is 0 Å². The molecule has 1 aromatic carbocycles. The van der Waals surface area contributed by atoms with Gasteiger partial charge in [-0.25, -0.2) is 0 Å². The maximum Gasteiger partial charge on any atom is 0.0677 e. The van der Waals surface area contributed by atoms with Gasteiger partial charge in [-0.2, -0.15) is 5.26 Å². The summed E-state index contributed by atoms with van der Waals surface area (Å²) in [7, 11) is 0. The third-order valence-corrected chi connectivity index (χ3v) is 5.46. The van der Waals surface area contributed by atoms with Gasteiger partial charge in [0, 0.05) is 18.3 Å². The number of anilines is 1. The fraction of sp³-hybridized carbons (Fsp3) is 0.632. The van der Waals surface area contributed by atoms with Crippen molar-refractivity contribution in [3.63, 3.8) is 0 Å². The fourth-order valence-electron chi connectivity index (χ4n) is 4.16. The van der Waals surface area contributed by atoms with Crippen LogP contribution in [0.4, 0.5) is 5.69 Å². The molecule has 0 bridgehead atoms. The van der Waals surface area contributed by atoms with Gasteiger partial charge in [0.25, 0.3) is 0 Å². The predicted octanol–water partition coefficient (Wildman–Crippen LogP) is 4.55. The van der Waals surface area contributed by atoms with Crippen LogP contribution in [-0.4, -0.2) is 12.6 Å². The minimum Gasteiger partial charge on any atom is -0.367 e. The van der Waals surface area contributed by atoms with E-state index >= 15 is 0 Å². The van der Waals surface area contributed by atoms with Crippen molar-refractivity contribution in [3.05, 3.63) is 29.8 Å². The number of nitrogens with zero attached hydrogens (tertiary/aromatic N) is 2. The normalized spacial score (nSPS) is 29.3. The Hall–Kier alpha value is -1.49. The molecule has 2 aliphatic rings.